The maximum atomic E-state index is 13.1. The predicted octanol–water partition coefficient (Wildman–Crippen LogP) is 4.78. The van der Waals surface area contributed by atoms with Crippen molar-refractivity contribution in [2.24, 2.45) is 0 Å². The van der Waals surface area contributed by atoms with Crippen molar-refractivity contribution in [3.63, 3.8) is 0 Å². The van der Waals surface area contributed by atoms with Gasteiger partial charge in [-0.2, -0.15) is 0 Å². The molecule has 5 nitrogen and oxygen atoms in total. The van der Waals surface area contributed by atoms with Crippen molar-refractivity contribution in [3.8, 4) is 0 Å². The van der Waals surface area contributed by atoms with Gasteiger partial charge in [-0.25, -0.2) is 9.97 Å². The van der Waals surface area contributed by atoms with Gasteiger partial charge in [0.2, 0.25) is 0 Å². The van der Waals surface area contributed by atoms with E-state index in [1.54, 1.807) is 6.33 Å². The van der Waals surface area contributed by atoms with Crippen LogP contribution in [0.2, 0.25) is 0 Å². The molecule has 1 aromatic carbocycles. The molecule has 4 rings (SSSR count). The van der Waals surface area contributed by atoms with Crippen LogP contribution in [0.15, 0.2) is 18.5 Å². The zero-order valence-corrected chi connectivity index (χ0v) is 17.0. The minimum atomic E-state index is -0.0714. The first-order valence-electron chi connectivity index (χ1n) is 9.34. The van der Waals surface area contributed by atoms with Gasteiger partial charge < -0.3 is 10.2 Å². The van der Waals surface area contributed by atoms with E-state index in [0.717, 1.165) is 51.5 Å². The smallest absolute Gasteiger partial charge is 0.266 e. The number of hydrogen-bond acceptors (Lipinski definition) is 5. The second kappa shape index (κ2) is 6.93. The van der Waals surface area contributed by atoms with Gasteiger partial charge in [-0.15, -0.1) is 11.3 Å². The van der Waals surface area contributed by atoms with Crippen molar-refractivity contribution < 1.29 is 4.79 Å². The van der Waals surface area contributed by atoms with Gasteiger partial charge in [-0.3, -0.25) is 4.79 Å². The van der Waals surface area contributed by atoms with Crippen LogP contribution < -0.4 is 10.2 Å². The molecule has 0 unspecified atom stereocenters. The number of thiophene rings is 1. The standard InChI is InChI=1S/C21H24N4OS/c1-12-9-13(2)17(14(3)10-12)24-20(26)18-15(4)16-19(25-7-5-6-8-25)22-11-23-21(16)27-18/h9-11H,5-8H2,1-4H3,(H,24,26). The highest BCUT2D eigenvalue weighted by atomic mass is 32.1. The molecular formula is C21H24N4OS. The Labute approximate surface area is 163 Å². The normalized spacial score (nSPS) is 14.1. The minimum absolute atomic E-state index is 0.0714. The zero-order valence-electron chi connectivity index (χ0n) is 16.2. The molecular weight excluding hydrogens is 356 g/mol. The first-order chi connectivity index (χ1) is 13.0. The summed E-state index contributed by atoms with van der Waals surface area (Å²) in [4.78, 5) is 25.9. The molecule has 1 fully saturated rings. The van der Waals surface area contributed by atoms with E-state index >= 15 is 0 Å². The number of benzene rings is 1. The summed E-state index contributed by atoms with van der Waals surface area (Å²) in [6, 6.07) is 4.19. The number of carbonyl (C=O) groups is 1. The molecule has 3 heterocycles. The number of aromatic nitrogens is 2. The van der Waals surface area contributed by atoms with Crippen LogP contribution in [0.3, 0.4) is 0 Å². The van der Waals surface area contributed by atoms with Crippen molar-refractivity contribution in [1.29, 1.82) is 0 Å². The molecule has 0 saturated carbocycles. The largest absolute Gasteiger partial charge is 0.356 e. The molecule has 1 amide bonds. The lowest BCUT2D eigenvalue weighted by Gasteiger charge is -2.17. The minimum Gasteiger partial charge on any atom is -0.356 e. The average molecular weight is 381 g/mol. The summed E-state index contributed by atoms with van der Waals surface area (Å²) in [6.45, 7) is 10.2. The second-order valence-electron chi connectivity index (χ2n) is 7.36. The third-order valence-corrected chi connectivity index (χ3v) is 6.43. The Morgan fingerprint density at radius 3 is 2.41 bits per heavy atom. The van der Waals surface area contributed by atoms with E-state index in [1.165, 1.54) is 29.7 Å². The molecule has 0 aliphatic carbocycles. The fourth-order valence-electron chi connectivity index (χ4n) is 3.99. The van der Waals surface area contributed by atoms with Gasteiger partial charge >= 0.3 is 0 Å². The Hall–Kier alpha value is -2.47. The van der Waals surface area contributed by atoms with Crippen molar-refractivity contribution in [1.82, 2.24) is 9.97 Å². The number of anilines is 2. The van der Waals surface area contributed by atoms with Gasteiger partial charge in [-0.1, -0.05) is 17.7 Å². The van der Waals surface area contributed by atoms with E-state index in [-0.39, 0.29) is 5.91 Å². The third-order valence-electron chi connectivity index (χ3n) is 5.23. The van der Waals surface area contributed by atoms with Gasteiger partial charge in [0, 0.05) is 18.8 Å². The number of carbonyl (C=O) groups excluding carboxylic acids is 1. The number of nitrogens with zero attached hydrogens (tertiary/aromatic N) is 3. The molecule has 1 saturated heterocycles. The van der Waals surface area contributed by atoms with Gasteiger partial charge in [-0.05, 0) is 57.2 Å². The van der Waals surface area contributed by atoms with E-state index < -0.39 is 0 Å². The Morgan fingerprint density at radius 1 is 1.07 bits per heavy atom. The average Bonchev–Trinajstić information content (AvgIpc) is 3.26. The monoisotopic (exact) mass is 380 g/mol. The van der Waals surface area contributed by atoms with E-state index in [4.69, 9.17) is 0 Å². The zero-order chi connectivity index (χ0) is 19.1. The topological polar surface area (TPSA) is 58.1 Å². The number of rotatable bonds is 3. The molecule has 3 aromatic rings. The van der Waals surface area contributed by atoms with E-state index in [2.05, 4.69) is 39.2 Å². The molecule has 1 aliphatic rings. The molecule has 0 radical (unpaired) electrons. The highest BCUT2D eigenvalue weighted by Crippen LogP contribution is 2.36. The Morgan fingerprint density at radius 2 is 1.74 bits per heavy atom. The molecule has 6 heteroatoms. The number of amides is 1. The molecule has 0 spiro atoms. The predicted molar refractivity (Wildman–Crippen MR) is 112 cm³/mol. The quantitative estimate of drug-likeness (QED) is 0.710. The highest BCUT2D eigenvalue weighted by Gasteiger charge is 2.23. The Kier molecular flexibility index (Phi) is 4.60. The lowest BCUT2D eigenvalue weighted by molar-refractivity contribution is 0.103. The van der Waals surface area contributed by atoms with E-state index in [0.29, 0.717) is 4.88 Å². The maximum absolute atomic E-state index is 13.1. The van der Waals surface area contributed by atoms with E-state index in [1.807, 2.05) is 20.8 Å². The van der Waals surface area contributed by atoms with Crippen LogP contribution in [0, 0.1) is 27.7 Å². The van der Waals surface area contributed by atoms with Crippen LogP contribution in [0.4, 0.5) is 11.5 Å². The van der Waals surface area contributed by atoms with Crippen LogP contribution >= 0.6 is 11.3 Å². The summed E-state index contributed by atoms with van der Waals surface area (Å²) in [5.74, 6) is 0.894. The number of hydrogen-bond donors (Lipinski definition) is 1. The summed E-state index contributed by atoms with van der Waals surface area (Å²) in [5, 5.41) is 4.14. The van der Waals surface area contributed by atoms with Gasteiger partial charge in [0.1, 0.15) is 17.0 Å². The fourth-order valence-corrected chi connectivity index (χ4v) is 5.02. The molecule has 27 heavy (non-hydrogen) atoms. The van der Waals surface area contributed by atoms with Gasteiger partial charge in [0.25, 0.3) is 5.91 Å². The maximum Gasteiger partial charge on any atom is 0.266 e. The van der Waals surface area contributed by atoms with Crippen LogP contribution in [0.5, 0.6) is 0 Å². The molecule has 2 aromatic heterocycles. The lowest BCUT2D eigenvalue weighted by Crippen LogP contribution is -2.19. The molecule has 1 aliphatic heterocycles. The molecule has 1 N–H and O–H groups in total. The lowest BCUT2D eigenvalue weighted by atomic mass is 10.0. The van der Waals surface area contributed by atoms with Crippen molar-refractivity contribution in [3.05, 3.63) is 45.6 Å². The second-order valence-corrected chi connectivity index (χ2v) is 8.35. The first-order valence-corrected chi connectivity index (χ1v) is 10.2. The van der Waals surface area contributed by atoms with Crippen molar-refractivity contribution >= 4 is 39.0 Å². The summed E-state index contributed by atoms with van der Waals surface area (Å²) in [6.07, 6.45) is 3.99. The van der Waals surface area contributed by atoms with Crippen molar-refractivity contribution in [2.75, 3.05) is 23.3 Å². The van der Waals surface area contributed by atoms with Crippen LogP contribution in [-0.2, 0) is 0 Å². The Balaban J connectivity index is 1.73. The summed E-state index contributed by atoms with van der Waals surface area (Å²) in [7, 11) is 0. The first kappa shape index (κ1) is 17.9. The highest BCUT2D eigenvalue weighted by molar-refractivity contribution is 7.20. The van der Waals surface area contributed by atoms with Crippen molar-refractivity contribution in [2.45, 2.75) is 40.5 Å². The fraction of sp³-hybridized carbons (Fsp3) is 0.381. The number of fused-ring (bicyclic) bond motifs is 1. The summed E-state index contributed by atoms with van der Waals surface area (Å²) >= 11 is 1.45. The molecule has 0 atom stereocenters. The van der Waals surface area contributed by atoms with Gasteiger partial charge in [0.15, 0.2) is 0 Å². The Bertz CT molecular complexity index is 1010. The van der Waals surface area contributed by atoms with Gasteiger partial charge in [0.05, 0.1) is 10.3 Å². The number of nitrogens with one attached hydrogen (secondary N) is 1. The SMILES string of the molecule is Cc1cc(C)c(NC(=O)c2sc3ncnc(N4CCCC4)c3c2C)c(C)c1. The number of aryl methyl sites for hydroxylation is 4. The third kappa shape index (κ3) is 3.18. The summed E-state index contributed by atoms with van der Waals surface area (Å²) in [5.41, 5.74) is 5.23. The van der Waals surface area contributed by atoms with Crippen LogP contribution in [0.1, 0.15) is 44.8 Å². The molecule has 0 bridgehead atoms. The molecule has 140 valence electrons. The van der Waals surface area contributed by atoms with Crippen LogP contribution in [0.25, 0.3) is 10.2 Å². The van der Waals surface area contributed by atoms with E-state index in [9.17, 15) is 4.79 Å². The summed E-state index contributed by atoms with van der Waals surface area (Å²) < 4.78 is 0. The van der Waals surface area contributed by atoms with Crippen LogP contribution in [-0.4, -0.2) is 29.0 Å².